The zero-order chi connectivity index (χ0) is 18.2. The van der Waals surface area contributed by atoms with Gasteiger partial charge in [0.1, 0.15) is 0 Å². The molecule has 1 unspecified atom stereocenters. The predicted molar refractivity (Wildman–Crippen MR) is 98.0 cm³/mol. The van der Waals surface area contributed by atoms with E-state index in [1.54, 1.807) is 23.1 Å². The lowest BCUT2D eigenvalue weighted by Gasteiger charge is -2.46. The summed E-state index contributed by atoms with van der Waals surface area (Å²) in [6.45, 7) is 8.06. The molecular formula is C21H21NO3. The molecule has 2 aromatic rings. The highest BCUT2D eigenvalue weighted by atomic mass is 16.5. The van der Waals surface area contributed by atoms with Gasteiger partial charge in [-0.1, -0.05) is 30.4 Å². The summed E-state index contributed by atoms with van der Waals surface area (Å²) in [5.41, 5.74) is 3.05. The summed E-state index contributed by atoms with van der Waals surface area (Å²) in [5.74, 6) is -0.493. The number of benzene rings is 2. The molecule has 0 saturated carbocycles. The molecule has 0 fully saturated rings. The summed E-state index contributed by atoms with van der Waals surface area (Å²) in [5, 5.41) is 0. The first-order chi connectivity index (χ1) is 11.9. The van der Waals surface area contributed by atoms with Crippen molar-refractivity contribution in [2.45, 2.75) is 25.8 Å². The van der Waals surface area contributed by atoms with Crippen LogP contribution in [0.1, 0.15) is 40.1 Å². The molecule has 0 N–H and O–H groups in total. The number of carbonyl (C=O) groups is 2. The Morgan fingerprint density at radius 2 is 1.88 bits per heavy atom. The number of hydrogen-bond donors (Lipinski definition) is 0. The topological polar surface area (TPSA) is 46.6 Å². The molecule has 0 radical (unpaired) electrons. The van der Waals surface area contributed by atoms with E-state index in [1.165, 1.54) is 7.11 Å². The lowest BCUT2D eigenvalue weighted by molar-refractivity contribution is 0.0600. The van der Waals surface area contributed by atoms with Gasteiger partial charge in [0, 0.05) is 17.7 Å². The number of esters is 1. The van der Waals surface area contributed by atoms with E-state index in [4.69, 9.17) is 4.74 Å². The number of carbonyl (C=O) groups excluding carboxylic acids is 2. The van der Waals surface area contributed by atoms with Crippen molar-refractivity contribution in [3.05, 3.63) is 77.4 Å². The monoisotopic (exact) mass is 335 g/mol. The van der Waals surface area contributed by atoms with Gasteiger partial charge in [0.25, 0.3) is 5.91 Å². The van der Waals surface area contributed by atoms with Crippen LogP contribution in [0.5, 0.6) is 0 Å². The quantitative estimate of drug-likeness (QED) is 0.629. The number of para-hydroxylation sites is 1. The molecule has 1 aliphatic heterocycles. The number of hydrogen-bond acceptors (Lipinski definition) is 3. The number of rotatable bonds is 3. The first kappa shape index (κ1) is 17.0. The zero-order valence-electron chi connectivity index (χ0n) is 14.7. The van der Waals surface area contributed by atoms with E-state index in [-0.39, 0.29) is 5.91 Å². The molecule has 1 atom stereocenters. The highest BCUT2D eigenvalue weighted by Gasteiger charge is 2.43. The van der Waals surface area contributed by atoms with Crippen LogP contribution in [0.4, 0.5) is 5.69 Å². The molecule has 1 amide bonds. The maximum Gasteiger partial charge on any atom is 0.337 e. The fourth-order valence-electron chi connectivity index (χ4n) is 3.31. The highest BCUT2D eigenvalue weighted by molar-refractivity contribution is 6.10. The van der Waals surface area contributed by atoms with Crippen molar-refractivity contribution < 1.29 is 14.3 Å². The first-order valence-electron chi connectivity index (χ1n) is 8.15. The van der Waals surface area contributed by atoms with Crippen molar-refractivity contribution >= 4 is 17.6 Å². The lowest BCUT2D eigenvalue weighted by Crippen LogP contribution is -2.55. The summed E-state index contributed by atoms with van der Waals surface area (Å²) in [6.07, 6.45) is 0.586. The van der Waals surface area contributed by atoms with Crippen LogP contribution in [-0.2, 0) is 11.2 Å². The Kier molecular flexibility index (Phi) is 4.21. The fourth-order valence-corrected chi connectivity index (χ4v) is 3.31. The van der Waals surface area contributed by atoms with Crippen LogP contribution < -0.4 is 4.90 Å². The SMILES string of the molecule is C=C(C)C1(C)Cc2cc(C(=O)OC)ccc2C(=O)N1c1ccccc1. The molecule has 4 heteroatoms. The van der Waals surface area contributed by atoms with Crippen LogP contribution in [0.3, 0.4) is 0 Å². The Balaban J connectivity index is 2.16. The van der Waals surface area contributed by atoms with Gasteiger partial charge in [-0.3, -0.25) is 9.69 Å². The molecule has 3 rings (SSSR count). The van der Waals surface area contributed by atoms with Gasteiger partial charge >= 0.3 is 5.97 Å². The highest BCUT2D eigenvalue weighted by Crippen LogP contribution is 2.39. The van der Waals surface area contributed by atoms with Gasteiger partial charge in [0.2, 0.25) is 0 Å². The molecule has 1 aliphatic rings. The number of fused-ring (bicyclic) bond motifs is 1. The number of ether oxygens (including phenoxy) is 1. The van der Waals surface area contributed by atoms with Crippen LogP contribution in [0.25, 0.3) is 0 Å². The smallest absolute Gasteiger partial charge is 0.337 e. The van der Waals surface area contributed by atoms with Crippen LogP contribution >= 0.6 is 0 Å². The molecule has 1 heterocycles. The Labute approximate surface area is 147 Å². The van der Waals surface area contributed by atoms with Crippen molar-refractivity contribution in [2.75, 3.05) is 12.0 Å². The molecule has 4 nitrogen and oxygen atoms in total. The Morgan fingerprint density at radius 1 is 1.20 bits per heavy atom. The van der Waals surface area contributed by atoms with E-state index >= 15 is 0 Å². The third-order valence-corrected chi connectivity index (χ3v) is 4.92. The van der Waals surface area contributed by atoms with Crippen LogP contribution in [-0.4, -0.2) is 24.5 Å². The molecule has 0 bridgehead atoms. The summed E-state index contributed by atoms with van der Waals surface area (Å²) >= 11 is 0. The molecule has 2 aromatic carbocycles. The minimum atomic E-state index is -0.569. The summed E-state index contributed by atoms with van der Waals surface area (Å²) in [7, 11) is 1.35. The fraction of sp³-hybridized carbons (Fsp3) is 0.238. The van der Waals surface area contributed by atoms with Gasteiger partial charge in [-0.2, -0.15) is 0 Å². The zero-order valence-corrected chi connectivity index (χ0v) is 14.7. The van der Waals surface area contributed by atoms with Crippen molar-refractivity contribution in [1.82, 2.24) is 0 Å². The molecule has 0 aromatic heterocycles. The molecule has 0 saturated heterocycles. The van der Waals surface area contributed by atoms with E-state index in [2.05, 4.69) is 6.58 Å². The van der Waals surface area contributed by atoms with Crippen LogP contribution in [0.2, 0.25) is 0 Å². The second-order valence-corrected chi connectivity index (χ2v) is 6.57. The van der Waals surface area contributed by atoms with Gasteiger partial charge in [-0.25, -0.2) is 4.79 Å². The van der Waals surface area contributed by atoms with Gasteiger partial charge in [0.05, 0.1) is 18.2 Å². The average Bonchev–Trinajstić information content (AvgIpc) is 2.61. The predicted octanol–water partition coefficient (Wildman–Crippen LogP) is 4.01. The average molecular weight is 335 g/mol. The molecule has 0 spiro atoms. The van der Waals surface area contributed by atoms with Crippen molar-refractivity contribution in [3.63, 3.8) is 0 Å². The van der Waals surface area contributed by atoms with E-state index < -0.39 is 11.5 Å². The Hall–Kier alpha value is -2.88. The standard InChI is InChI=1S/C21H21NO3/c1-14(2)21(3)13-16-12-15(20(24)25-4)10-11-18(16)19(23)22(21)17-8-6-5-7-9-17/h5-12H,1,13H2,2-4H3. The Morgan fingerprint density at radius 3 is 2.48 bits per heavy atom. The normalized spacial score (nSPS) is 19.3. The summed E-state index contributed by atoms with van der Waals surface area (Å²) < 4.78 is 4.79. The maximum absolute atomic E-state index is 13.3. The second kappa shape index (κ2) is 6.20. The molecular weight excluding hydrogens is 314 g/mol. The number of anilines is 1. The van der Waals surface area contributed by atoms with Gasteiger partial charge in [0.15, 0.2) is 0 Å². The van der Waals surface area contributed by atoms with Gasteiger partial charge < -0.3 is 4.74 Å². The molecule has 25 heavy (non-hydrogen) atoms. The number of methoxy groups -OCH3 is 1. The summed E-state index contributed by atoms with van der Waals surface area (Å²) in [6, 6.07) is 14.7. The number of nitrogens with zero attached hydrogens (tertiary/aromatic N) is 1. The first-order valence-corrected chi connectivity index (χ1v) is 8.15. The maximum atomic E-state index is 13.3. The summed E-state index contributed by atoms with van der Waals surface area (Å²) in [4.78, 5) is 26.9. The largest absolute Gasteiger partial charge is 0.465 e. The number of amides is 1. The molecule has 128 valence electrons. The van der Waals surface area contributed by atoms with Crippen LogP contribution in [0.15, 0.2) is 60.7 Å². The van der Waals surface area contributed by atoms with Crippen LogP contribution in [0, 0.1) is 0 Å². The van der Waals surface area contributed by atoms with Crippen molar-refractivity contribution in [2.24, 2.45) is 0 Å². The van der Waals surface area contributed by atoms with E-state index in [0.29, 0.717) is 17.5 Å². The second-order valence-electron chi connectivity index (χ2n) is 6.57. The van der Waals surface area contributed by atoms with E-state index in [0.717, 1.165) is 16.8 Å². The third kappa shape index (κ3) is 2.74. The third-order valence-electron chi connectivity index (χ3n) is 4.92. The van der Waals surface area contributed by atoms with Gasteiger partial charge in [-0.05, 0) is 49.7 Å². The molecule has 0 aliphatic carbocycles. The van der Waals surface area contributed by atoms with Gasteiger partial charge in [-0.15, -0.1) is 0 Å². The lowest BCUT2D eigenvalue weighted by atomic mass is 9.78. The minimum Gasteiger partial charge on any atom is -0.465 e. The Bertz CT molecular complexity index is 857. The van der Waals surface area contributed by atoms with Crippen molar-refractivity contribution in [3.8, 4) is 0 Å². The minimum absolute atomic E-state index is 0.0886. The van der Waals surface area contributed by atoms with E-state index in [9.17, 15) is 9.59 Å². The van der Waals surface area contributed by atoms with E-state index in [1.807, 2.05) is 44.2 Å². The van der Waals surface area contributed by atoms with Crippen molar-refractivity contribution in [1.29, 1.82) is 0 Å².